The zero-order valence-corrected chi connectivity index (χ0v) is 13.9. The SMILES string of the molecule is COc1cc(/C=C(/C#N)C(=O)N(C)C)cc(I)c1OC. The standard InChI is InChI=1S/C14H15IN2O3/c1-17(2)14(18)10(8-16)5-9-6-11(15)13(20-4)12(7-9)19-3/h5-7H,1-4H3/b10-5-. The van der Waals surface area contributed by atoms with Gasteiger partial charge in [0.15, 0.2) is 11.5 Å². The number of carbonyl (C=O) groups excluding carboxylic acids is 1. The second-order valence-corrected chi connectivity index (χ2v) is 5.27. The molecule has 0 unspecified atom stereocenters. The molecule has 1 amide bonds. The first-order valence-electron chi connectivity index (χ1n) is 5.69. The van der Waals surface area contributed by atoms with Gasteiger partial charge in [-0.3, -0.25) is 4.79 Å². The van der Waals surface area contributed by atoms with Gasteiger partial charge in [0.25, 0.3) is 5.91 Å². The lowest BCUT2D eigenvalue weighted by molar-refractivity contribution is -0.124. The van der Waals surface area contributed by atoms with E-state index < -0.39 is 0 Å². The van der Waals surface area contributed by atoms with Crippen LogP contribution in [0.1, 0.15) is 5.56 Å². The summed E-state index contributed by atoms with van der Waals surface area (Å²) in [7, 11) is 6.31. The Hall–Kier alpha value is -1.75. The summed E-state index contributed by atoms with van der Waals surface area (Å²) in [6, 6.07) is 5.46. The molecule has 6 heteroatoms. The van der Waals surface area contributed by atoms with Crippen molar-refractivity contribution in [2.45, 2.75) is 0 Å². The minimum Gasteiger partial charge on any atom is -0.493 e. The van der Waals surface area contributed by atoms with Gasteiger partial charge in [-0.15, -0.1) is 0 Å². The van der Waals surface area contributed by atoms with Crippen LogP contribution in [-0.2, 0) is 4.79 Å². The monoisotopic (exact) mass is 386 g/mol. The van der Waals surface area contributed by atoms with E-state index in [1.807, 2.05) is 12.1 Å². The van der Waals surface area contributed by atoms with E-state index in [0.717, 1.165) is 3.57 Å². The van der Waals surface area contributed by atoms with Gasteiger partial charge in [0, 0.05) is 14.1 Å². The summed E-state index contributed by atoms with van der Waals surface area (Å²) >= 11 is 2.11. The van der Waals surface area contributed by atoms with Crippen molar-refractivity contribution in [1.29, 1.82) is 5.26 Å². The lowest BCUT2D eigenvalue weighted by Crippen LogP contribution is -2.22. The van der Waals surface area contributed by atoms with Crippen LogP contribution in [0.15, 0.2) is 17.7 Å². The molecule has 0 bridgehead atoms. The number of ether oxygens (including phenoxy) is 2. The van der Waals surface area contributed by atoms with E-state index in [1.165, 1.54) is 18.1 Å². The summed E-state index contributed by atoms with van der Waals surface area (Å²) in [6.45, 7) is 0. The molecule has 0 saturated carbocycles. The Kier molecular flexibility index (Phi) is 5.82. The fourth-order valence-electron chi connectivity index (χ4n) is 1.57. The van der Waals surface area contributed by atoms with Gasteiger partial charge in [0.2, 0.25) is 0 Å². The predicted molar refractivity (Wildman–Crippen MR) is 84.5 cm³/mol. The molecule has 5 nitrogen and oxygen atoms in total. The van der Waals surface area contributed by atoms with Gasteiger partial charge in [-0.25, -0.2) is 0 Å². The predicted octanol–water partition coefficient (Wildman–Crippen LogP) is 2.30. The van der Waals surface area contributed by atoms with E-state index in [0.29, 0.717) is 17.1 Å². The summed E-state index contributed by atoms with van der Waals surface area (Å²) in [5.74, 6) is 0.847. The van der Waals surface area contributed by atoms with E-state index in [1.54, 1.807) is 27.3 Å². The summed E-state index contributed by atoms with van der Waals surface area (Å²) in [5, 5.41) is 9.08. The first kappa shape index (κ1) is 16.3. The molecule has 0 fully saturated rings. The molecule has 20 heavy (non-hydrogen) atoms. The maximum atomic E-state index is 11.8. The van der Waals surface area contributed by atoms with Crippen LogP contribution in [-0.4, -0.2) is 39.1 Å². The fraction of sp³-hybridized carbons (Fsp3) is 0.286. The Morgan fingerprint density at radius 3 is 2.45 bits per heavy atom. The van der Waals surface area contributed by atoms with Gasteiger partial charge in [0.05, 0.1) is 17.8 Å². The molecule has 0 radical (unpaired) electrons. The highest BCUT2D eigenvalue weighted by Gasteiger charge is 2.13. The molecule has 1 aromatic rings. The zero-order valence-electron chi connectivity index (χ0n) is 11.7. The molecule has 0 spiro atoms. The molecule has 106 valence electrons. The van der Waals surface area contributed by atoms with Gasteiger partial charge in [-0.1, -0.05) is 0 Å². The number of amides is 1. The highest BCUT2D eigenvalue weighted by Crippen LogP contribution is 2.34. The van der Waals surface area contributed by atoms with Crippen LogP contribution in [0.2, 0.25) is 0 Å². The van der Waals surface area contributed by atoms with Gasteiger partial charge >= 0.3 is 0 Å². The van der Waals surface area contributed by atoms with Crippen LogP contribution in [0.5, 0.6) is 11.5 Å². The molecule has 0 aromatic heterocycles. The van der Waals surface area contributed by atoms with E-state index in [4.69, 9.17) is 14.7 Å². The Balaban J connectivity index is 3.31. The van der Waals surface area contributed by atoms with E-state index in [9.17, 15) is 4.79 Å². The maximum absolute atomic E-state index is 11.8. The average Bonchev–Trinajstić information content (AvgIpc) is 2.43. The minimum absolute atomic E-state index is 0.0676. The number of hydrogen-bond acceptors (Lipinski definition) is 4. The number of likely N-dealkylation sites (N-methyl/N-ethyl adjacent to an activating group) is 1. The maximum Gasteiger partial charge on any atom is 0.264 e. The number of methoxy groups -OCH3 is 2. The summed E-state index contributed by atoms with van der Waals surface area (Å²) in [4.78, 5) is 13.2. The molecule has 0 N–H and O–H groups in total. The van der Waals surface area contributed by atoms with E-state index in [-0.39, 0.29) is 11.5 Å². The Labute approximate surface area is 131 Å². The van der Waals surface area contributed by atoms with Crippen molar-refractivity contribution >= 4 is 34.6 Å². The smallest absolute Gasteiger partial charge is 0.264 e. The molecule has 0 heterocycles. The fourth-order valence-corrected chi connectivity index (χ4v) is 2.42. The van der Waals surface area contributed by atoms with Crippen LogP contribution in [0, 0.1) is 14.9 Å². The summed E-state index contributed by atoms with van der Waals surface area (Å²) < 4.78 is 11.3. The van der Waals surface area contributed by atoms with Crippen molar-refractivity contribution in [1.82, 2.24) is 4.90 Å². The number of nitrogens with zero attached hydrogens (tertiary/aromatic N) is 2. The third-order valence-corrected chi connectivity index (χ3v) is 3.33. The van der Waals surface area contributed by atoms with Crippen molar-refractivity contribution in [2.24, 2.45) is 0 Å². The quantitative estimate of drug-likeness (QED) is 0.453. The number of halogens is 1. The zero-order chi connectivity index (χ0) is 15.3. The number of hydrogen-bond donors (Lipinski definition) is 0. The van der Waals surface area contributed by atoms with Crippen molar-refractivity contribution in [3.63, 3.8) is 0 Å². The van der Waals surface area contributed by atoms with Gasteiger partial charge < -0.3 is 14.4 Å². The Bertz CT molecular complexity index is 589. The molecular weight excluding hydrogens is 371 g/mol. The number of carbonyl (C=O) groups is 1. The van der Waals surface area contributed by atoms with Gasteiger partial charge in [-0.05, 0) is 46.4 Å². The first-order chi connectivity index (χ1) is 9.44. The van der Waals surface area contributed by atoms with Crippen molar-refractivity contribution < 1.29 is 14.3 Å². The lowest BCUT2D eigenvalue weighted by Gasteiger charge is -2.11. The lowest BCUT2D eigenvalue weighted by atomic mass is 10.1. The normalized spacial score (nSPS) is 10.7. The topological polar surface area (TPSA) is 62.6 Å². The molecule has 1 rings (SSSR count). The highest BCUT2D eigenvalue weighted by atomic mass is 127. The minimum atomic E-state index is -0.336. The molecule has 0 aliphatic rings. The second kappa shape index (κ2) is 7.14. The summed E-state index contributed by atoms with van der Waals surface area (Å²) in [5.41, 5.74) is 0.775. The van der Waals surface area contributed by atoms with Crippen LogP contribution in [0.25, 0.3) is 6.08 Å². The molecule has 1 aromatic carbocycles. The van der Waals surface area contributed by atoms with Crippen LogP contribution in [0.4, 0.5) is 0 Å². The second-order valence-electron chi connectivity index (χ2n) is 4.11. The highest BCUT2D eigenvalue weighted by molar-refractivity contribution is 14.1. The number of benzene rings is 1. The van der Waals surface area contributed by atoms with Crippen LogP contribution >= 0.6 is 22.6 Å². The number of rotatable bonds is 4. The Morgan fingerprint density at radius 2 is 2.00 bits per heavy atom. The molecule has 0 saturated heterocycles. The molecule has 0 atom stereocenters. The van der Waals surface area contributed by atoms with E-state index in [2.05, 4.69) is 22.6 Å². The average molecular weight is 386 g/mol. The molecule has 0 aliphatic carbocycles. The third kappa shape index (κ3) is 3.63. The largest absolute Gasteiger partial charge is 0.493 e. The third-order valence-electron chi connectivity index (χ3n) is 2.52. The number of nitriles is 1. The summed E-state index contributed by atoms with van der Waals surface area (Å²) in [6.07, 6.45) is 1.53. The van der Waals surface area contributed by atoms with Crippen molar-refractivity contribution in [3.05, 3.63) is 26.8 Å². The molecule has 0 aliphatic heterocycles. The van der Waals surface area contributed by atoms with Crippen molar-refractivity contribution in [2.75, 3.05) is 28.3 Å². The van der Waals surface area contributed by atoms with Crippen LogP contribution < -0.4 is 9.47 Å². The van der Waals surface area contributed by atoms with Gasteiger partial charge in [0.1, 0.15) is 11.6 Å². The van der Waals surface area contributed by atoms with Crippen molar-refractivity contribution in [3.8, 4) is 17.6 Å². The van der Waals surface area contributed by atoms with Gasteiger partial charge in [-0.2, -0.15) is 5.26 Å². The Morgan fingerprint density at radius 1 is 1.35 bits per heavy atom. The van der Waals surface area contributed by atoms with Crippen LogP contribution in [0.3, 0.4) is 0 Å². The first-order valence-corrected chi connectivity index (χ1v) is 6.77. The van der Waals surface area contributed by atoms with E-state index >= 15 is 0 Å². The molecular formula is C14H15IN2O3.